The molecular formula is C12H14N2O. The van der Waals surface area contributed by atoms with Crippen LogP contribution >= 0.6 is 0 Å². The van der Waals surface area contributed by atoms with Gasteiger partial charge in [0.15, 0.2) is 0 Å². The van der Waals surface area contributed by atoms with Crippen LogP contribution in [0.4, 0.5) is 0 Å². The van der Waals surface area contributed by atoms with E-state index in [2.05, 4.69) is 4.98 Å². The second-order valence-electron chi connectivity index (χ2n) is 3.68. The van der Waals surface area contributed by atoms with Crippen LogP contribution in [0.25, 0.3) is 10.9 Å². The lowest BCUT2D eigenvalue weighted by molar-refractivity contribution is 0.165. The molecular weight excluding hydrogens is 188 g/mol. The predicted octanol–water partition coefficient (Wildman–Crippen LogP) is 1.62. The smallest absolute Gasteiger partial charge is 0.0705 e. The van der Waals surface area contributed by atoms with Crippen LogP contribution in [0.1, 0.15) is 18.5 Å². The van der Waals surface area contributed by atoms with Gasteiger partial charge in [0.05, 0.1) is 17.7 Å². The van der Waals surface area contributed by atoms with Gasteiger partial charge in [-0.25, -0.2) is 0 Å². The molecule has 1 aromatic carbocycles. The summed E-state index contributed by atoms with van der Waals surface area (Å²) in [6, 6.07) is 9.29. The highest BCUT2D eigenvalue weighted by molar-refractivity contribution is 5.82. The SMILES string of the molecule is CC(O)[C@@H](N)c1ccnc2ccccc12. The fourth-order valence-electron chi connectivity index (χ4n) is 1.67. The second-order valence-corrected chi connectivity index (χ2v) is 3.68. The highest BCUT2D eigenvalue weighted by Crippen LogP contribution is 2.22. The van der Waals surface area contributed by atoms with Crippen molar-refractivity contribution in [2.75, 3.05) is 0 Å². The summed E-state index contributed by atoms with van der Waals surface area (Å²) in [4.78, 5) is 4.25. The molecule has 0 aliphatic carbocycles. The monoisotopic (exact) mass is 202 g/mol. The van der Waals surface area contributed by atoms with E-state index in [4.69, 9.17) is 5.73 Å². The van der Waals surface area contributed by atoms with E-state index < -0.39 is 6.10 Å². The lowest BCUT2D eigenvalue weighted by Crippen LogP contribution is -2.23. The summed E-state index contributed by atoms with van der Waals surface area (Å²) >= 11 is 0. The third-order valence-electron chi connectivity index (χ3n) is 2.56. The number of para-hydroxylation sites is 1. The number of rotatable bonds is 2. The number of nitrogens with zero attached hydrogens (tertiary/aromatic N) is 1. The Labute approximate surface area is 88.6 Å². The van der Waals surface area contributed by atoms with Crippen molar-refractivity contribution in [3.63, 3.8) is 0 Å². The van der Waals surface area contributed by atoms with Crippen molar-refractivity contribution in [1.29, 1.82) is 0 Å². The van der Waals surface area contributed by atoms with Gasteiger partial charge in [-0.1, -0.05) is 18.2 Å². The Morgan fingerprint density at radius 2 is 2.00 bits per heavy atom. The minimum Gasteiger partial charge on any atom is -0.391 e. The van der Waals surface area contributed by atoms with Crippen molar-refractivity contribution in [2.45, 2.75) is 19.1 Å². The molecule has 1 aromatic heterocycles. The van der Waals surface area contributed by atoms with Crippen LogP contribution in [0.2, 0.25) is 0 Å². The van der Waals surface area contributed by atoms with Crippen LogP contribution in [-0.4, -0.2) is 16.2 Å². The lowest BCUT2D eigenvalue weighted by atomic mass is 9.99. The van der Waals surface area contributed by atoms with Gasteiger partial charge in [-0.05, 0) is 24.6 Å². The van der Waals surface area contributed by atoms with Gasteiger partial charge in [-0.3, -0.25) is 4.98 Å². The fraction of sp³-hybridized carbons (Fsp3) is 0.250. The number of pyridine rings is 1. The molecule has 78 valence electrons. The summed E-state index contributed by atoms with van der Waals surface area (Å²) in [6.07, 6.45) is 1.16. The van der Waals surface area contributed by atoms with Gasteiger partial charge in [0.25, 0.3) is 0 Å². The molecule has 0 aliphatic heterocycles. The number of fused-ring (bicyclic) bond motifs is 1. The number of hydrogen-bond donors (Lipinski definition) is 2. The number of hydrogen-bond acceptors (Lipinski definition) is 3. The fourth-order valence-corrected chi connectivity index (χ4v) is 1.67. The topological polar surface area (TPSA) is 59.1 Å². The molecule has 0 aliphatic rings. The third-order valence-corrected chi connectivity index (χ3v) is 2.56. The first-order valence-electron chi connectivity index (χ1n) is 4.97. The molecule has 3 heteroatoms. The highest BCUT2D eigenvalue weighted by atomic mass is 16.3. The number of benzene rings is 1. The van der Waals surface area contributed by atoms with Crippen molar-refractivity contribution in [3.05, 3.63) is 42.1 Å². The Morgan fingerprint density at radius 1 is 1.27 bits per heavy atom. The van der Waals surface area contributed by atoms with Crippen LogP contribution < -0.4 is 5.73 Å². The number of aliphatic hydroxyl groups is 1. The summed E-state index contributed by atoms with van der Waals surface area (Å²) in [5.74, 6) is 0. The van der Waals surface area contributed by atoms with Crippen molar-refractivity contribution in [3.8, 4) is 0 Å². The largest absolute Gasteiger partial charge is 0.391 e. The Hall–Kier alpha value is -1.45. The van der Waals surface area contributed by atoms with Crippen LogP contribution in [-0.2, 0) is 0 Å². The Morgan fingerprint density at radius 3 is 2.73 bits per heavy atom. The van der Waals surface area contributed by atoms with Crippen molar-refractivity contribution < 1.29 is 5.11 Å². The average molecular weight is 202 g/mol. The van der Waals surface area contributed by atoms with Crippen molar-refractivity contribution in [2.24, 2.45) is 5.73 Å². The molecule has 1 heterocycles. The summed E-state index contributed by atoms with van der Waals surface area (Å²) < 4.78 is 0. The first-order chi connectivity index (χ1) is 7.20. The molecule has 2 aromatic rings. The zero-order chi connectivity index (χ0) is 10.8. The highest BCUT2D eigenvalue weighted by Gasteiger charge is 2.14. The van der Waals surface area contributed by atoms with E-state index in [9.17, 15) is 5.11 Å². The Bertz CT molecular complexity index is 463. The quantitative estimate of drug-likeness (QED) is 0.778. The molecule has 0 fully saturated rings. The average Bonchev–Trinajstić information content (AvgIpc) is 2.27. The predicted molar refractivity (Wildman–Crippen MR) is 60.4 cm³/mol. The molecule has 0 bridgehead atoms. The van der Waals surface area contributed by atoms with Gasteiger partial charge in [0.1, 0.15) is 0 Å². The molecule has 3 N–H and O–H groups in total. The molecule has 3 nitrogen and oxygen atoms in total. The van der Waals surface area contributed by atoms with Gasteiger partial charge in [0, 0.05) is 11.6 Å². The minimum atomic E-state index is -0.559. The third kappa shape index (κ3) is 1.84. The maximum absolute atomic E-state index is 9.49. The number of nitrogens with two attached hydrogens (primary N) is 1. The van der Waals surface area contributed by atoms with Crippen LogP contribution in [0.5, 0.6) is 0 Å². The van der Waals surface area contributed by atoms with Gasteiger partial charge >= 0.3 is 0 Å². The molecule has 15 heavy (non-hydrogen) atoms. The van der Waals surface area contributed by atoms with Crippen molar-refractivity contribution in [1.82, 2.24) is 4.98 Å². The zero-order valence-corrected chi connectivity index (χ0v) is 8.59. The van der Waals surface area contributed by atoms with E-state index in [0.717, 1.165) is 16.5 Å². The zero-order valence-electron chi connectivity index (χ0n) is 8.59. The van der Waals surface area contributed by atoms with Crippen LogP contribution in [0.15, 0.2) is 36.5 Å². The molecule has 1 unspecified atom stereocenters. The molecule has 0 spiro atoms. The molecule has 0 saturated carbocycles. The van der Waals surface area contributed by atoms with Gasteiger partial charge in [-0.15, -0.1) is 0 Å². The maximum atomic E-state index is 9.49. The maximum Gasteiger partial charge on any atom is 0.0705 e. The van der Waals surface area contributed by atoms with E-state index in [0.29, 0.717) is 0 Å². The van der Waals surface area contributed by atoms with Gasteiger partial charge in [-0.2, -0.15) is 0 Å². The molecule has 0 amide bonds. The standard InChI is InChI=1S/C12H14N2O/c1-8(15)12(13)10-6-7-14-11-5-3-2-4-9(10)11/h2-8,12,15H,13H2,1H3/t8?,12-/m1/s1. The molecule has 2 atom stereocenters. The summed E-state index contributed by atoms with van der Waals surface area (Å²) in [5, 5.41) is 10.5. The Kier molecular flexibility index (Phi) is 2.66. The summed E-state index contributed by atoms with van der Waals surface area (Å²) in [5.41, 5.74) is 7.77. The first kappa shape index (κ1) is 10.1. The second kappa shape index (κ2) is 3.96. The minimum absolute atomic E-state index is 0.363. The summed E-state index contributed by atoms with van der Waals surface area (Å²) in [6.45, 7) is 1.69. The van der Waals surface area contributed by atoms with Crippen molar-refractivity contribution >= 4 is 10.9 Å². The first-order valence-corrected chi connectivity index (χ1v) is 4.97. The number of aromatic nitrogens is 1. The van der Waals surface area contributed by atoms with Crippen LogP contribution in [0, 0.1) is 0 Å². The van der Waals surface area contributed by atoms with E-state index in [1.54, 1.807) is 13.1 Å². The van der Waals surface area contributed by atoms with E-state index >= 15 is 0 Å². The molecule has 0 radical (unpaired) electrons. The van der Waals surface area contributed by atoms with Gasteiger partial charge in [0.2, 0.25) is 0 Å². The Balaban J connectivity index is 2.60. The normalized spacial score (nSPS) is 15.1. The van der Waals surface area contributed by atoms with Gasteiger partial charge < -0.3 is 10.8 Å². The number of aliphatic hydroxyl groups excluding tert-OH is 1. The van der Waals surface area contributed by atoms with E-state index in [-0.39, 0.29) is 6.04 Å². The molecule has 0 saturated heterocycles. The lowest BCUT2D eigenvalue weighted by Gasteiger charge is -2.16. The summed E-state index contributed by atoms with van der Waals surface area (Å²) in [7, 11) is 0. The van der Waals surface area contributed by atoms with Crippen LogP contribution in [0.3, 0.4) is 0 Å². The van der Waals surface area contributed by atoms with E-state index in [1.165, 1.54) is 0 Å². The molecule has 2 rings (SSSR count). The van der Waals surface area contributed by atoms with E-state index in [1.807, 2.05) is 30.3 Å².